The summed E-state index contributed by atoms with van der Waals surface area (Å²) >= 11 is 0. The standard InChI is InChI=1S/C23H29N5O4/c1-22(2,32-17-5-3-16(4-6-17)27-21(30)31)20(26-12-24)28-18-14-7-13-8-15(18)11-23(9-13,10-14)19(25)29/h3-6,13-15,18,27H,7-11H2,1-2H3,(H2,25,29)(H,26,28)(H,30,31). The highest BCUT2D eigenvalue weighted by Gasteiger charge is 2.58. The summed E-state index contributed by atoms with van der Waals surface area (Å²) in [6.45, 7) is 3.67. The van der Waals surface area contributed by atoms with Gasteiger partial charge in [-0.3, -0.25) is 20.4 Å². The van der Waals surface area contributed by atoms with Gasteiger partial charge in [0.2, 0.25) is 5.91 Å². The van der Waals surface area contributed by atoms with Gasteiger partial charge in [-0.25, -0.2) is 4.79 Å². The topological polar surface area (TPSA) is 150 Å². The zero-order valence-electron chi connectivity index (χ0n) is 18.3. The summed E-state index contributed by atoms with van der Waals surface area (Å²) in [5, 5.41) is 23.2. The molecule has 0 aromatic heterocycles. The molecule has 4 bridgehead atoms. The number of nitrogens with zero attached hydrogens (tertiary/aromatic N) is 2. The van der Waals surface area contributed by atoms with Crippen molar-refractivity contribution in [2.24, 2.45) is 33.9 Å². The lowest BCUT2D eigenvalue weighted by Crippen LogP contribution is -2.58. The number of carbonyl (C=O) groups excluding carboxylic acids is 1. The highest BCUT2D eigenvalue weighted by molar-refractivity contribution is 5.91. The van der Waals surface area contributed by atoms with Crippen molar-refractivity contribution in [3.05, 3.63) is 24.3 Å². The van der Waals surface area contributed by atoms with Crippen molar-refractivity contribution < 1.29 is 19.4 Å². The lowest BCUT2D eigenvalue weighted by molar-refractivity contribution is -0.144. The SMILES string of the molecule is CC(C)(Oc1ccc(NC(=O)O)cc1)C(=NC1C2CC3CC1CC(C(N)=O)(C3)C2)NC#N. The van der Waals surface area contributed by atoms with Crippen LogP contribution in [0.15, 0.2) is 29.3 Å². The van der Waals surface area contributed by atoms with Crippen molar-refractivity contribution in [2.75, 3.05) is 5.32 Å². The van der Waals surface area contributed by atoms with Crippen LogP contribution in [0.2, 0.25) is 0 Å². The quantitative estimate of drug-likeness (QED) is 0.231. The van der Waals surface area contributed by atoms with Crippen molar-refractivity contribution in [3.8, 4) is 11.9 Å². The summed E-state index contributed by atoms with van der Waals surface area (Å²) in [6, 6.07) is 6.57. The lowest BCUT2D eigenvalue weighted by Gasteiger charge is -2.57. The Balaban J connectivity index is 1.54. The number of primary amides is 1. The van der Waals surface area contributed by atoms with Gasteiger partial charge in [-0.05, 0) is 88.0 Å². The number of amidine groups is 1. The fourth-order valence-corrected chi connectivity index (χ4v) is 6.12. The fraction of sp³-hybridized carbons (Fsp3) is 0.565. The molecule has 1 aromatic rings. The van der Waals surface area contributed by atoms with Gasteiger partial charge in [0.25, 0.3) is 0 Å². The van der Waals surface area contributed by atoms with Crippen LogP contribution in [0.4, 0.5) is 10.5 Å². The van der Waals surface area contributed by atoms with Crippen molar-refractivity contribution >= 4 is 23.5 Å². The zero-order valence-corrected chi connectivity index (χ0v) is 18.3. The number of carbonyl (C=O) groups is 2. The number of aliphatic imine (C=N–C) groups is 1. The van der Waals surface area contributed by atoms with Crippen LogP contribution in [0.3, 0.4) is 0 Å². The third kappa shape index (κ3) is 4.09. The molecular formula is C23H29N5O4. The minimum Gasteiger partial charge on any atom is -0.480 e. The van der Waals surface area contributed by atoms with Crippen LogP contribution in [0.25, 0.3) is 0 Å². The summed E-state index contributed by atoms with van der Waals surface area (Å²) in [7, 11) is 0. The molecule has 5 N–H and O–H groups in total. The van der Waals surface area contributed by atoms with Crippen LogP contribution in [0.1, 0.15) is 46.0 Å². The number of carboxylic acid groups (broad SMARTS) is 1. The average Bonchev–Trinajstić information content (AvgIpc) is 2.70. The van der Waals surface area contributed by atoms with Gasteiger partial charge in [0.05, 0.1) is 6.04 Å². The first-order chi connectivity index (χ1) is 15.1. The second kappa shape index (κ2) is 8.01. The normalized spacial score (nSPS) is 31.0. The number of hydrogen-bond donors (Lipinski definition) is 4. The number of nitrogens with two attached hydrogens (primary N) is 1. The van der Waals surface area contributed by atoms with Crippen LogP contribution in [0.5, 0.6) is 5.75 Å². The summed E-state index contributed by atoms with van der Waals surface area (Å²) in [4.78, 5) is 28.0. The molecular weight excluding hydrogens is 410 g/mol. The van der Waals surface area contributed by atoms with Crippen molar-refractivity contribution in [2.45, 2.75) is 57.6 Å². The smallest absolute Gasteiger partial charge is 0.409 e. The maximum atomic E-state index is 12.2. The van der Waals surface area contributed by atoms with E-state index in [0.29, 0.717) is 23.2 Å². The van der Waals surface area contributed by atoms with Gasteiger partial charge >= 0.3 is 6.09 Å². The van der Waals surface area contributed by atoms with Crippen molar-refractivity contribution in [1.82, 2.24) is 5.32 Å². The second-order valence-electron chi connectivity index (χ2n) is 9.89. The number of nitrogens with one attached hydrogen (secondary N) is 2. The number of nitriles is 1. The Morgan fingerprint density at radius 1 is 1.22 bits per heavy atom. The second-order valence-corrected chi connectivity index (χ2v) is 9.89. The average molecular weight is 440 g/mol. The predicted molar refractivity (Wildman–Crippen MR) is 118 cm³/mol. The number of ether oxygens (including phenoxy) is 1. The van der Waals surface area contributed by atoms with Crippen LogP contribution in [-0.2, 0) is 4.79 Å². The van der Waals surface area contributed by atoms with Gasteiger partial charge in [-0.1, -0.05) is 0 Å². The monoisotopic (exact) mass is 439 g/mol. The number of anilines is 1. The Hall–Kier alpha value is -3.28. The van der Waals surface area contributed by atoms with Gasteiger partial charge in [0, 0.05) is 11.1 Å². The highest BCUT2D eigenvalue weighted by atomic mass is 16.5. The van der Waals surface area contributed by atoms with E-state index in [-0.39, 0.29) is 29.2 Å². The van der Waals surface area contributed by atoms with E-state index in [0.717, 1.165) is 32.1 Å². The molecule has 9 nitrogen and oxygen atoms in total. The molecule has 4 fully saturated rings. The predicted octanol–water partition coefficient (Wildman–Crippen LogP) is 3.08. The maximum absolute atomic E-state index is 12.2. The van der Waals surface area contributed by atoms with E-state index in [1.54, 1.807) is 24.3 Å². The van der Waals surface area contributed by atoms with E-state index >= 15 is 0 Å². The lowest BCUT2D eigenvalue weighted by atomic mass is 9.48. The van der Waals surface area contributed by atoms with Gasteiger partial charge in [0.15, 0.2) is 17.6 Å². The van der Waals surface area contributed by atoms with E-state index < -0.39 is 11.7 Å². The Labute approximate surface area is 187 Å². The molecule has 2 atom stereocenters. The molecule has 0 aliphatic heterocycles. The Morgan fingerprint density at radius 3 is 2.38 bits per heavy atom. The van der Waals surface area contributed by atoms with E-state index in [4.69, 9.17) is 20.6 Å². The Bertz CT molecular complexity index is 965. The Kier molecular flexibility index (Phi) is 5.49. The zero-order chi connectivity index (χ0) is 23.1. The van der Waals surface area contributed by atoms with Crippen LogP contribution < -0.4 is 21.1 Å². The van der Waals surface area contributed by atoms with E-state index in [9.17, 15) is 14.9 Å². The van der Waals surface area contributed by atoms with Gasteiger partial charge in [-0.15, -0.1) is 0 Å². The molecule has 9 heteroatoms. The molecule has 32 heavy (non-hydrogen) atoms. The molecule has 0 heterocycles. The van der Waals surface area contributed by atoms with Crippen molar-refractivity contribution in [3.63, 3.8) is 0 Å². The van der Waals surface area contributed by atoms with Gasteiger partial charge in [-0.2, -0.15) is 5.26 Å². The first-order valence-corrected chi connectivity index (χ1v) is 10.9. The number of rotatable bonds is 6. The first-order valence-electron chi connectivity index (χ1n) is 10.9. The van der Waals surface area contributed by atoms with E-state index in [1.807, 2.05) is 20.0 Å². The molecule has 2 amide bonds. The third-order valence-corrected chi connectivity index (χ3v) is 7.25. The third-order valence-electron chi connectivity index (χ3n) is 7.25. The van der Waals surface area contributed by atoms with Crippen LogP contribution >= 0.6 is 0 Å². The van der Waals surface area contributed by atoms with Crippen LogP contribution in [-0.4, -0.2) is 34.6 Å². The summed E-state index contributed by atoms with van der Waals surface area (Å²) in [5.41, 5.74) is 4.92. The largest absolute Gasteiger partial charge is 0.480 e. The highest BCUT2D eigenvalue weighted by Crippen LogP contribution is 2.60. The van der Waals surface area contributed by atoms with E-state index in [2.05, 4.69) is 10.6 Å². The minimum absolute atomic E-state index is 0.0277. The molecule has 4 aliphatic carbocycles. The first kappa shape index (κ1) is 21.9. The van der Waals surface area contributed by atoms with Crippen molar-refractivity contribution in [1.29, 1.82) is 5.26 Å². The number of benzene rings is 1. The molecule has 0 radical (unpaired) electrons. The molecule has 0 spiro atoms. The Morgan fingerprint density at radius 2 is 1.84 bits per heavy atom. The molecule has 4 saturated carbocycles. The number of hydrogen-bond acceptors (Lipinski definition) is 5. The van der Waals surface area contributed by atoms with Gasteiger partial charge < -0.3 is 15.6 Å². The molecule has 4 aliphatic rings. The minimum atomic E-state index is -1.14. The summed E-state index contributed by atoms with van der Waals surface area (Å²) in [6.07, 6.45) is 5.35. The summed E-state index contributed by atoms with van der Waals surface area (Å²) in [5.74, 6) is 1.87. The molecule has 5 rings (SSSR count). The summed E-state index contributed by atoms with van der Waals surface area (Å²) < 4.78 is 6.13. The van der Waals surface area contributed by atoms with Crippen LogP contribution in [0, 0.1) is 34.6 Å². The number of amides is 2. The molecule has 2 unspecified atom stereocenters. The molecule has 1 aromatic carbocycles. The van der Waals surface area contributed by atoms with E-state index in [1.165, 1.54) is 0 Å². The van der Waals surface area contributed by atoms with Gasteiger partial charge in [0.1, 0.15) is 5.75 Å². The molecule has 170 valence electrons. The fourth-order valence-electron chi connectivity index (χ4n) is 6.12. The maximum Gasteiger partial charge on any atom is 0.409 e. The molecule has 0 saturated heterocycles.